The van der Waals surface area contributed by atoms with Crippen molar-refractivity contribution in [3.05, 3.63) is 30.3 Å². The molecule has 1 aromatic carbocycles. The minimum Gasteiger partial charge on any atom is -0.394 e. The molecular formula is C14H20N2O3. The summed E-state index contributed by atoms with van der Waals surface area (Å²) in [4.78, 5) is 25.3. The van der Waals surface area contributed by atoms with E-state index in [4.69, 9.17) is 5.11 Å². The summed E-state index contributed by atoms with van der Waals surface area (Å²) < 4.78 is 0. The molecule has 0 heterocycles. The standard InChI is InChI=1S/C14H20N2O3/c1-3-11(10-17)15-13(18)14(19)16(4-2)12-8-6-5-7-9-12/h5-9,11,17H,3-4,10H2,1-2H3,(H,15,18). The van der Waals surface area contributed by atoms with Crippen molar-refractivity contribution < 1.29 is 14.7 Å². The van der Waals surface area contributed by atoms with Gasteiger partial charge in [-0.2, -0.15) is 0 Å². The van der Waals surface area contributed by atoms with E-state index < -0.39 is 11.8 Å². The van der Waals surface area contributed by atoms with E-state index >= 15 is 0 Å². The number of amides is 2. The predicted molar refractivity (Wildman–Crippen MR) is 73.8 cm³/mol. The van der Waals surface area contributed by atoms with E-state index in [0.29, 0.717) is 18.7 Å². The Labute approximate surface area is 113 Å². The van der Waals surface area contributed by atoms with E-state index in [1.165, 1.54) is 4.90 Å². The highest BCUT2D eigenvalue weighted by molar-refractivity contribution is 6.40. The number of para-hydroxylation sites is 1. The van der Waals surface area contributed by atoms with Crippen LogP contribution in [0.3, 0.4) is 0 Å². The molecule has 19 heavy (non-hydrogen) atoms. The minimum atomic E-state index is -0.688. The number of likely N-dealkylation sites (N-methyl/N-ethyl adjacent to an activating group) is 1. The number of hydrogen-bond donors (Lipinski definition) is 2. The first kappa shape index (κ1) is 15.2. The molecule has 2 N–H and O–H groups in total. The van der Waals surface area contributed by atoms with Crippen LogP contribution in [0, 0.1) is 0 Å². The molecule has 104 valence electrons. The Morgan fingerprint density at radius 1 is 1.26 bits per heavy atom. The van der Waals surface area contributed by atoms with Gasteiger partial charge >= 0.3 is 11.8 Å². The monoisotopic (exact) mass is 264 g/mol. The summed E-state index contributed by atoms with van der Waals surface area (Å²) in [5.41, 5.74) is 0.683. The normalized spacial score (nSPS) is 11.7. The van der Waals surface area contributed by atoms with E-state index in [0.717, 1.165) is 0 Å². The number of carbonyl (C=O) groups is 2. The highest BCUT2D eigenvalue weighted by atomic mass is 16.3. The molecule has 2 amide bonds. The van der Waals surface area contributed by atoms with Gasteiger partial charge in [-0.15, -0.1) is 0 Å². The van der Waals surface area contributed by atoms with Gasteiger partial charge in [-0.25, -0.2) is 0 Å². The quantitative estimate of drug-likeness (QED) is 0.777. The molecule has 1 unspecified atom stereocenters. The molecule has 0 saturated heterocycles. The molecule has 5 heteroatoms. The van der Waals surface area contributed by atoms with Crippen molar-refractivity contribution in [2.45, 2.75) is 26.3 Å². The van der Waals surface area contributed by atoms with Gasteiger partial charge in [0.2, 0.25) is 0 Å². The van der Waals surface area contributed by atoms with Crippen LogP contribution >= 0.6 is 0 Å². The molecule has 0 bridgehead atoms. The largest absolute Gasteiger partial charge is 0.394 e. The molecule has 0 aromatic heterocycles. The van der Waals surface area contributed by atoms with E-state index in [1.807, 2.05) is 32.0 Å². The van der Waals surface area contributed by atoms with Crippen molar-refractivity contribution in [2.24, 2.45) is 0 Å². The fourth-order valence-corrected chi connectivity index (χ4v) is 1.70. The lowest BCUT2D eigenvalue weighted by Crippen LogP contribution is -2.47. The molecule has 0 aliphatic rings. The first-order chi connectivity index (χ1) is 9.13. The van der Waals surface area contributed by atoms with Crippen LogP contribution in [0.2, 0.25) is 0 Å². The predicted octanol–water partition coefficient (Wildman–Crippen LogP) is 0.927. The molecule has 0 radical (unpaired) electrons. The second kappa shape index (κ2) is 7.53. The maximum Gasteiger partial charge on any atom is 0.316 e. The van der Waals surface area contributed by atoms with Crippen LogP contribution in [-0.4, -0.2) is 36.1 Å². The lowest BCUT2D eigenvalue weighted by molar-refractivity contribution is -0.138. The fourth-order valence-electron chi connectivity index (χ4n) is 1.70. The van der Waals surface area contributed by atoms with Crippen LogP contribution in [0.1, 0.15) is 20.3 Å². The molecule has 0 fully saturated rings. The van der Waals surface area contributed by atoms with E-state index in [2.05, 4.69) is 5.32 Å². The third kappa shape index (κ3) is 4.06. The Kier molecular flexibility index (Phi) is 6.02. The van der Waals surface area contributed by atoms with Gasteiger partial charge in [0.15, 0.2) is 0 Å². The first-order valence-corrected chi connectivity index (χ1v) is 6.42. The van der Waals surface area contributed by atoms with Gasteiger partial charge in [0.1, 0.15) is 0 Å². The Balaban J connectivity index is 2.77. The molecule has 5 nitrogen and oxygen atoms in total. The van der Waals surface area contributed by atoms with Crippen LogP contribution in [0.25, 0.3) is 0 Å². The van der Waals surface area contributed by atoms with Gasteiger partial charge in [-0.1, -0.05) is 25.1 Å². The highest BCUT2D eigenvalue weighted by Crippen LogP contribution is 2.13. The van der Waals surface area contributed by atoms with Gasteiger partial charge in [-0.3, -0.25) is 9.59 Å². The molecule has 0 saturated carbocycles. The molecule has 1 aromatic rings. The number of aliphatic hydroxyl groups is 1. The van der Waals surface area contributed by atoms with Crippen LogP contribution in [0.4, 0.5) is 5.69 Å². The Morgan fingerprint density at radius 2 is 1.89 bits per heavy atom. The van der Waals surface area contributed by atoms with Crippen molar-refractivity contribution in [3.8, 4) is 0 Å². The SMILES string of the molecule is CCC(CO)NC(=O)C(=O)N(CC)c1ccccc1. The second-order valence-corrected chi connectivity index (χ2v) is 4.15. The van der Waals surface area contributed by atoms with Crippen molar-refractivity contribution >= 4 is 17.5 Å². The number of rotatable bonds is 5. The van der Waals surface area contributed by atoms with Crippen molar-refractivity contribution in [1.82, 2.24) is 5.32 Å². The van der Waals surface area contributed by atoms with E-state index in [9.17, 15) is 9.59 Å². The van der Waals surface area contributed by atoms with Gasteiger partial charge in [0.05, 0.1) is 12.6 Å². The summed E-state index contributed by atoms with van der Waals surface area (Å²) in [7, 11) is 0. The maximum atomic E-state index is 12.1. The van der Waals surface area contributed by atoms with Crippen LogP contribution in [0.15, 0.2) is 30.3 Å². The van der Waals surface area contributed by atoms with Gasteiger partial charge in [0, 0.05) is 12.2 Å². The highest BCUT2D eigenvalue weighted by Gasteiger charge is 2.23. The van der Waals surface area contributed by atoms with Crippen molar-refractivity contribution in [2.75, 3.05) is 18.1 Å². The topological polar surface area (TPSA) is 69.6 Å². The summed E-state index contributed by atoms with van der Waals surface area (Å²) in [6.07, 6.45) is 0.576. The summed E-state index contributed by atoms with van der Waals surface area (Å²) in [5.74, 6) is -1.30. The Morgan fingerprint density at radius 3 is 2.37 bits per heavy atom. The summed E-state index contributed by atoms with van der Waals surface area (Å²) in [6.45, 7) is 3.88. The molecule has 1 rings (SSSR count). The van der Waals surface area contributed by atoms with Gasteiger partial charge < -0.3 is 15.3 Å². The second-order valence-electron chi connectivity index (χ2n) is 4.15. The van der Waals surface area contributed by atoms with Crippen molar-refractivity contribution in [1.29, 1.82) is 0 Å². The Bertz CT molecular complexity index is 416. The number of anilines is 1. The molecule has 0 spiro atoms. The summed E-state index contributed by atoms with van der Waals surface area (Å²) in [5, 5.41) is 11.6. The first-order valence-electron chi connectivity index (χ1n) is 6.42. The molecule has 0 aliphatic heterocycles. The average Bonchev–Trinajstić information content (AvgIpc) is 2.46. The zero-order chi connectivity index (χ0) is 14.3. The third-order valence-electron chi connectivity index (χ3n) is 2.87. The third-order valence-corrected chi connectivity index (χ3v) is 2.87. The number of carbonyl (C=O) groups excluding carboxylic acids is 2. The van der Waals surface area contributed by atoms with E-state index in [1.54, 1.807) is 12.1 Å². The molecule has 1 atom stereocenters. The molecule has 0 aliphatic carbocycles. The van der Waals surface area contributed by atoms with Gasteiger partial charge in [0.25, 0.3) is 0 Å². The molecular weight excluding hydrogens is 244 g/mol. The number of nitrogens with one attached hydrogen (secondary N) is 1. The van der Waals surface area contributed by atoms with Crippen LogP contribution in [0.5, 0.6) is 0 Å². The maximum absolute atomic E-state index is 12.1. The zero-order valence-corrected chi connectivity index (χ0v) is 11.3. The lowest BCUT2D eigenvalue weighted by atomic mass is 10.2. The van der Waals surface area contributed by atoms with Crippen LogP contribution < -0.4 is 10.2 Å². The fraction of sp³-hybridized carbons (Fsp3) is 0.429. The van der Waals surface area contributed by atoms with E-state index in [-0.39, 0.29) is 12.6 Å². The minimum absolute atomic E-state index is 0.174. The number of hydrogen-bond acceptors (Lipinski definition) is 3. The number of nitrogens with zero attached hydrogens (tertiary/aromatic N) is 1. The number of benzene rings is 1. The summed E-state index contributed by atoms with van der Waals surface area (Å²) in [6, 6.07) is 8.64. The summed E-state index contributed by atoms with van der Waals surface area (Å²) >= 11 is 0. The number of aliphatic hydroxyl groups excluding tert-OH is 1. The Hall–Kier alpha value is -1.88. The zero-order valence-electron chi connectivity index (χ0n) is 11.3. The van der Waals surface area contributed by atoms with Crippen LogP contribution in [-0.2, 0) is 9.59 Å². The smallest absolute Gasteiger partial charge is 0.316 e. The van der Waals surface area contributed by atoms with Gasteiger partial charge in [-0.05, 0) is 25.5 Å². The average molecular weight is 264 g/mol. The lowest BCUT2D eigenvalue weighted by Gasteiger charge is -2.21. The van der Waals surface area contributed by atoms with Crippen molar-refractivity contribution in [3.63, 3.8) is 0 Å².